The van der Waals surface area contributed by atoms with Crippen LogP contribution in [0.2, 0.25) is 0 Å². The van der Waals surface area contributed by atoms with Crippen molar-refractivity contribution in [2.75, 3.05) is 13.1 Å². The van der Waals surface area contributed by atoms with E-state index in [1.54, 1.807) is 0 Å². The Morgan fingerprint density at radius 1 is 1.32 bits per heavy atom. The summed E-state index contributed by atoms with van der Waals surface area (Å²) in [5.74, 6) is 0.951. The highest BCUT2D eigenvalue weighted by Gasteiger charge is 2.41. The molecule has 4 nitrogen and oxygen atoms in total. The molecule has 108 valence electrons. The number of amides is 2. The van der Waals surface area contributed by atoms with Crippen molar-refractivity contribution in [3.63, 3.8) is 0 Å². The maximum Gasteiger partial charge on any atom is 0.245 e. The van der Waals surface area contributed by atoms with Gasteiger partial charge in [-0.2, -0.15) is 0 Å². The highest BCUT2D eigenvalue weighted by Crippen LogP contribution is 2.35. The SMILES string of the molecule is CC(CN1CCC(=O)NC(C2CC2)C1=O)C(C)(C)C. The molecule has 0 aromatic carbocycles. The first-order valence-electron chi connectivity index (χ1n) is 7.37. The Kier molecular flexibility index (Phi) is 3.88. The second-order valence-electron chi connectivity index (χ2n) is 7.18. The molecule has 2 fully saturated rings. The van der Waals surface area contributed by atoms with Crippen LogP contribution in [-0.2, 0) is 9.59 Å². The van der Waals surface area contributed by atoms with Crippen molar-refractivity contribution >= 4 is 11.8 Å². The Balaban J connectivity index is 2.06. The Labute approximate surface area is 115 Å². The Morgan fingerprint density at radius 3 is 2.47 bits per heavy atom. The molecule has 2 atom stereocenters. The van der Waals surface area contributed by atoms with Crippen molar-refractivity contribution in [1.29, 1.82) is 0 Å². The lowest BCUT2D eigenvalue weighted by Crippen LogP contribution is -2.48. The van der Waals surface area contributed by atoms with Gasteiger partial charge in [0.25, 0.3) is 0 Å². The lowest BCUT2D eigenvalue weighted by Gasteiger charge is -2.33. The van der Waals surface area contributed by atoms with Gasteiger partial charge in [-0.05, 0) is 30.1 Å². The fourth-order valence-corrected chi connectivity index (χ4v) is 2.39. The molecule has 19 heavy (non-hydrogen) atoms. The average molecular weight is 266 g/mol. The predicted octanol–water partition coefficient (Wildman–Crippen LogP) is 1.80. The van der Waals surface area contributed by atoms with Gasteiger partial charge in [-0.3, -0.25) is 9.59 Å². The monoisotopic (exact) mass is 266 g/mol. The standard InChI is InChI=1S/C15H26N2O2/c1-10(15(2,3)4)9-17-8-7-12(18)16-13(14(17)19)11-5-6-11/h10-11,13H,5-9H2,1-4H3,(H,16,18). The summed E-state index contributed by atoms with van der Waals surface area (Å²) in [5.41, 5.74) is 0.180. The fourth-order valence-electron chi connectivity index (χ4n) is 2.39. The topological polar surface area (TPSA) is 49.4 Å². The molecule has 0 aromatic heterocycles. The third-order valence-corrected chi connectivity index (χ3v) is 4.57. The maximum atomic E-state index is 12.5. The van der Waals surface area contributed by atoms with E-state index in [-0.39, 0.29) is 23.3 Å². The van der Waals surface area contributed by atoms with Crippen LogP contribution in [0.1, 0.15) is 47.0 Å². The minimum absolute atomic E-state index is 0.0242. The predicted molar refractivity (Wildman–Crippen MR) is 74.5 cm³/mol. The van der Waals surface area contributed by atoms with Gasteiger partial charge in [0.15, 0.2) is 0 Å². The van der Waals surface area contributed by atoms with Crippen LogP contribution in [-0.4, -0.2) is 35.8 Å². The van der Waals surface area contributed by atoms with Crippen LogP contribution in [0.25, 0.3) is 0 Å². The van der Waals surface area contributed by atoms with Gasteiger partial charge in [0.1, 0.15) is 6.04 Å². The van der Waals surface area contributed by atoms with E-state index in [9.17, 15) is 9.59 Å². The number of carbonyl (C=O) groups excluding carboxylic acids is 2. The first-order valence-corrected chi connectivity index (χ1v) is 7.37. The van der Waals surface area contributed by atoms with E-state index >= 15 is 0 Å². The number of carbonyl (C=O) groups is 2. The van der Waals surface area contributed by atoms with Gasteiger partial charge in [-0.25, -0.2) is 0 Å². The molecule has 2 unspecified atom stereocenters. The molecule has 1 heterocycles. The number of hydrogen-bond acceptors (Lipinski definition) is 2. The number of rotatable bonds is 3. The lowest BCUT2D eigenvalue weighted by atomic mass is 9.81. The fraction of sp³-hybridized carbons (Fsp3) is 0.867. The molecule has 0 aromatic rings. The molecule has 2 rings (SSSR count). The van der Waals surface area contributed by atoms with Crippen molar-refractivity contribution in [3.05, 3.63) is 0 Å². The van der Waals surface area contributed by atoms with E-state index in [0.29, 0.717) is 24.8 Å². The summed E-state index contributed by atoms with van der Waals surface area (Å²) in [6, 6.07) is -0.262. The van der Waals surface area contributed by atoms with Crippen LogP contribution >= 0.6 is 0 Å². The molecule has 1 N–H and O–H groups in total. The molecule has 1 aliphatic carbocycles. The quantitative estimate of drug-likeness (QED) is 0.846. The lowest BCUT2D eigenvalue weighted by molar-refractivity contribution is -0.135. The van der Waals surface area contributed by atoms with Crippen molar-refractivity contribution < 1.29 is 9.59 Å². The van der Waals surface area contributed by atoms with E-state index in [0.717, 1.165) is 19.4 Å². The summed E-state index contributed by atoms with van der Waals surface area (Å²) < 4.78 is 0. The molecule has 4 heteroatoms. The highest BCUT2D eigenvalue weighted by atomic mass is 16.2. The Hall–Kier alpha value is -1.06. The summed E-state index contributed by atoms with van der Waals surface area (Å²) in [4.78, 5) is 26.2. The third-order valence-electron chi connectivity index (χ3n) is 4.57. The average Bonchev–Trinajstić information content (AvgIpc) is 3.12. The molecule has 1 saturated heterocycles. The summed E-state index contributed by atoms with van der Waals surface area (Å²) in [5, 5.41) is 2.90. The van der Waals surface area contributed by atoms with Gasteiger partial charge in [0, 0.05) is 19.5 Å². The molecule has 1 aliphatic heterocycles. The maximum absolute atomic E-state index is 12.5. The molecule has 0 spiro atoms. The van der Waals surface area contributed by atoms with Gasteiger partial charge in [0.2, 0.25) is 11.8 Å². The largest absolute Gasteiger partial charge is 0.344 e. The van der Waals surface area contributed by atoms with E-state index in [4.69, 9.17) is 0 Å². The van der Waals surface area contributed by atoms with E-state index in [2.05, 4.69) is 33.0 Å². The van der Waals surface area contributed by atoms with Crippen molar-refractivity contribution in [3.8, 4) is 0 Å². The van der Waals surface area contributed by atoms with Gasteiger partial charge in [-0.15, -0.1) is 0 Å². The van der Waals surface area contributed by atoms with Crippen LogP contribution in [0.4, 0.5) is 0 Å². The molecule has 2 amide bonds. The molecule has 2 aliphatic rings. The second-order valence-corrected chi connectivity index (χ2v) is 7.18. The minimum atomic E-state index is -0.262. The van der Waals surface area contributed by atoms with Crippen molar-refractivity contribution in [2.24, 2.45) is 17.3 Å². The van der Waals surface area contributed by atoms with Crippen LogP contribution < -0.4 is 5.32 Å². The number of nitrogens with zero attached hydrogens (tertiary/aromatic N) is 1. The summed E-state index contributed by atoms with van der Waals surface area (Å²) in [6.07, 6.45) is 2.57. The van der Waals surface area contributed by atoms with Crippen LogP contribution in [0.15, 0.2) is 0 Å². The van der Waals surface area contributed by atoms with E-state index in [1.807, 2.05) is 4.90 Å². The minimum Gasteiger partial charge on any atom is -0.344 e. The molecule has 1 saturated carbocycles. The molecular formula is C15H26N2O2. The molecule has 0 radical (unpaired) electrons. The van der Waals surface area contributed by atoms with Crippen molar-refractivity contribution in [2.45, 2.75) is 53.0 Å². The summed E-state index contributed by atoms with van der Waals surface area (Å²) in [7, 11) is 0. The molecular weight excluding hydrogens is 240 g/mol. The van der Waals surface area contributed by atoms with Gasteiger partial charge in [0.05, 0.1) is 0 Å². The van der Waals surface area contributed by atoms with E-state index < -0.39 is 0 Å². The summed E-state index contributed by atoms with van der Waals surface area (Å²) >= 11 is 0. The Bertz CT molecular complexity index is 369. The zero-order valence-corrected chi connectivity index (χ0v) is 12.5. The van der Waals surface area contributed by atoms with Gasteiger partial charge < -0.3 is 10.2 Å². The van der Waals surface area contributed by atoms with Gasteiger partial charge >= 0.3 is 0 Å². The first-order chi connectivity index (χ1) is 8.79. The van der Waals surface area contributed by atoms with E-state index in [1.165, 1.54) is 0 Å². The number of hydrogen-bond donors (Lipinski definition) is 1. The highest BCUT2D eigenvalue weighted by molar-refractivity contribution is 5.90. The normalized spacial score (nSPS) is 26.9. The van der Waals surface area contributed by atoms with Crippen LogP contribution in [0, 0.1) is 17.3 Å². The van der Waals surface area contributed by atoms with Crippen LogP contribution in [0.3, 0.4) is 0 Å². The molecule has 0 bridgehead atoms. The third kappa shape index (κ3) is 3.48. The number of nitrogens with one attached hydrogen (secondary N) is 1. The summed E-state index contributed by atoms with van der Waals surface area (Å²) in [6.45, 7) is 10.1. The zero-order valence-electron chi connectivity index (χ0n) is 12.5. The first kappa shape index (κ1) is 14.4. The smallest absolute Gasteiger partial charge is 0.245 e. The Morgan fingerprint density at radius 2 is 1.95 bits per heavy atom. The van der Waals surface area contributed by atoms with Crippen LogP contribution in [0.5, 0.6) is 0 Å². The zero-order chi connectivity index (χ0) is 14.2. The van der Waals surface area contributed by atoms with Gasteiger partial charge in [-0.1, -0.05) is 27.7 Å². The van der Waals surface area contributed by atoms with Crippen molar-refractivity contribution in [1.82, 2.24) is 10.2 Å². The second kappa shape index (κ2) is 5.14.